The Bertz CT molecular complexity index is 519. The first kappa shape index (κ1) is 20.2. The molecular weight excluding hydrogens is 318 g/mol. The highest BCUT2D eigenvalue weighted by atomic mass is 19.3. The van der Waals surface area contributed by atoms with Crippen LogP contribution >= 0.6 is 0 Å². The second-order valence-corrected chi connectivity index (χ2v) is 6.41. The standard InChI is InChI=1S/C17H26F2N2O3/c1-17(2,3)24-16(22)21-13(9-15(18)19)11-20-10-12-7-5-6-8-14(12)23-4/h5-8,13,15,20H,9-11H2,1-4H3,(H,21,22). The summed E-state index contributed by atoms with van der Waals surface area (Å²) >= 11 is 0. The average molecular weight is 344 g/mol. The number of ether oxygens (including phenoxy) is 2. The second-order valence-electron chi connectivity index (χ2n) is 6.41. The summed E-state index contributed by atoms with van der Waals surface area (Å²) in [5.41, 5.74) is 0.234. The molecule has 1 amide bonds. The van der Waals surface area contributed by atoms with Crippen molar-refractivity contribution >= 4 is 6.09 Å². The van der Waals surface area contributed by atoms with Crippen LogP contribution in [0.5, 0.6) is 5.75 Å². The summed E-state index contributed by atoms with van der Waals surface area (Å²) in [7, 11) is 1.57. The minimum Gasteiger partial charge on any atom is -0.496 e. The molecule has 24 heavy (non-hydrogen) atoms. The van der Waals surface area contributed by atoms with E-state index < -0.39 is 30.6 Å². The lowest BCUT2D eigenvalue weighted by atomic mass is 10.1. The molecule has 0 aliphatic heterocycles. The van der Waals surface area contributed by atoms with Crippen molar-refractivity contribution in [1.29, 1.82) is 0 Å². The molecule has 0 fully saturated rings. The van der Waals surface area contributed by atoms with E-state index in [4.69, 9.17) is 9.47 Å². The second kappa shape index (κ2) is 9.42. The van der Waals surface area contributed by atoms with Crippen LogP contribution in [0.1, 0.15) is 32.8 Å². The summed E-state index contributed by atoms with van der Waals surface area (Å²) in [6.07, 6.45) is -3.66. The highest BCUT2D eigenvalue weighted by Crippen LogP contribution is 2.16. The van der Waals surface area contributed by atoms with Gasteiger partial charge in [-0.05, 0) is 26.8 Å². The van der Waals surface area contributed by atoms with Gasteiger partial charge in [-0.25, -0.2) is 13.6 Å². The first-order chi connectivity index (χ1) is 11.2. The van der Waals surface area contributed by atoms with E-state index in [-0.39, 0.29) is 6.54 Å². The normalized spacial score (nSPS) is 12.8. The SMILES string of the molecule is COc1ccccc1CNCC(CC(F)F)NC(=O)OC(C)(C)C. The van der Waals surface area contributed by atoms with E-state index in [0.29, 0.717) is 6.54 Å². The number of para-hydroxylation sites is 1. The molecule has 1 unspecified atom stereocenters. The fourth-order valence-electron chi connectivity index (χ4n) is 2.11. The number of halogens is 2. The fraction of sp³-hybridized carbons (Fsp3) is 0.588. The highest BCUT2D eigenvalue weighted by molar-refractivity contribution is 5.68. The lowest BCUT2D eigenvalue weighted by molar-refractivity contribution is 0.0472. The number of hydrogen-bond donors (Lipinski definition) is 2. The van der Waals surface area contributed by atoms with Gasteiger partial charge in [-0.1, -0.05) is 18.2 Å². The number of nitrogens with one attached hydrogen (secondary N) is 2. The molecule has 1 atom stereocenters. The molecule has 0 saturated carbocycles. The molecule has 0 radical (unpaired) electrons. The molecule has 1 aromatic carbocycles. The van der Waals surface area contributed by atoms with Crippen molar-refractivity contribution in [2.45, 2.75) is 51.8 Å². The molecular formula is C17H26F2N2O3. The third-order valence-electron chi connectivity index (χ3n) is 3.08. The molecule has 0 heterocycles. The molecule has 2 N–H and O–H groups in total. The van der Waals surface area contributed by atoms with E-state index in [1.807, 2.05) is 24.3 Å². The first-order valence-corrected chi connectivity index (χ1v) is 7.81. The summed E-state index contributed by atoms with van der Waals surface area (Å²) in [6, 6.07) is 6.71. The van der Waals surface area contributed by atoms with Crippen molar-refractivity contribution in [3.05, 3.63) is 29.8 Å². The van der Waals surface area contributed by atoms with E-state index in [0.717, 1.165) is 11.3 Å². The van der Waals surface area contributed by atoms with E-state index in [1.54, 1.807) is 27.9 Å². The molecule has 0 aliphatic carbocycles. The Hall–Kier alpha value is -1.89. The first-order valence-electron chi connectivity index (χ1n) is 7.81. The molecule has 0 spiro atoms. The predicted molar refractivity (Wildman–Crippen MR) is 88.5 cm³/mol. The van der Waals surface area contributed by atoms with E-state index in [9.17, 15) is 13.6 Å². The Morgan fingerprint density at radius 3 is 2.50 bits per heavy atom. The van der Waals surface area contributed by atoms with Gasteiger partial charge in [0.15, 0.2) is 0 Å². The summed E-state index contributed by atoms with van der Waals surface area (Å²) in [4.78, 5) is 11.8. The van der Waals surface area contributed by atoms with E-state index >= 15 is 0 Å². The summed E-state index contributed by atoms with van der Waals surface area (Å²) in [5.74, 6) is 0.718. The summed E-state index contributed by atoms with van der Waals surface area (Å²) in [5, 5.41) is 5.55. The monoisotopic (exact) mass is 344 g/mol. The Morgan fingerprint density at radius 2 is 1.92 bits per heavy atom. The van der Waals surface area contributed by atoms with Crippen molar-refractivity contribution in [3.63, 3.8) is 0 Å². The van der Waals surface area contributed by atoms with Gasteiger partial charge in [-0.2, -0.15) is 0 Å². The lowest BCUT2D eigenvalue weighted by Crippen LogP contribution is -2.45. The molecule has 1 aromatic rings. The molecule has 0 bridgehead atoms. The fourth-order valence-corrected chi connectivity index (χ4v) is 2.11. The molecule has 1 rings (SSSR count). The molecule has 7 heteroatoms. The Morgan fingerprint density at radius 1 is 1.25 bits per heavy atom. The summed E-state index contributed by atoms with van der Waals surface area (Å²) < 4.78 is 35.7. The van der Waals surface area contributed by atoms with Crippen molar-refractivity contribution in [3.8, 4) is 5.75 Å². The zero-order valence-corrected chi connectivity index (χ0v) is 14.6. The van der Waals surface area contributed by atoms with Gasteiger partial charge in [-0.3, -0.25) is 0 Å². The average Bonchev–Trinajstić information content (AvgIpc) is 2.44. The smallest absolute Gasteiger partial charge is 0.407 e. The largest absolute Gasteiger partial charge is 0.496 e. The van der Waals surface area contributed by atoms with Crippen LogP contribution in [0.2, 0.25) is 0 Å². The maximum atomic E-state index is 12.7. The predicted octanol–water partition coefficient (Wildman–Crippen LogP) is 3.33. The molecule has 0 aromatic heterocycles. The molecule has 136 valence electrons. The number of alkyl carbamates (subject to hydrolysis) is 1. The highest BCUT2D eigenvalue weighted by Gasteiger charge is 2.21. The van der Waals surface area contributed by atoms with Crippen molar-refractivity contribution in [2.75, 3.05) is 13.7 Å². The van der Waals surface area contributed by atoms with Crippen LogP contribution in [0, 0.1) is 0 Å². The van der Waals surface area contributed by atoms with Crippen LogP contribution in [-0.2, 0) is 11.3 Å². The van der Waals surface area contributed by atoms with Gasteiger partial charge in [0.1, 0.15) is 11.4 Å². The van der Waals surface area contributed by atoms with E-state index in [2.05, 4.69) is 10.6 Å². The molecule has 0 saturated heterocycles. The van der Waals surface area contributed by atoms with Crippen LogP contribution in [-0.4, -0.2) is 37.8 Å². The van der Waals surface area contributed by atoms with Gasteiger partial charge in [-0.15, -0.1) is 0 Å². The Kier molecular flexibility index (Phi) is 7.91. The topological polar surface area (TPSA) is 59.6 Å². The maximum absolute atomic E-state index is 12.7. The van der Waals surface area contributed by atoms with Gasteiger partial charge >= 0.3 is 6.09 Å². The third kappa shape index (κ3) is 8.10. The zero-order valence-electron chi connectivity index (χ0n) is 14.6. The quantitative estimate of drug-likeness (QED) is 0.759. The number of methoxy groups -OCH3 is 1. The summed E-state index contributed by atoms with van der Waals surface area (Å²) in [6.45, 7) is 5.79. The number of benzene rings is 1. The number of rotatable bonds is 8. The maximum Gasteiger partial charge on any atom is 0.407 e. The number of hydrogen-bond acceptors (Lipinski definition) is 4. The molecule has 0 aliphatic rings. The minimum absolute atomic E-state index is 0.196. The third-order valence-corrected chi connectivity index (χ3v) is 3.08. The minimum atomic E-state index is -2.52. The van der Waals surface area contributed by atoms with Gasteiger partial charge in [0.05, 0.1) is 13.2 Å². The number of carbonyl (C=O) groups excluding carboxylic acids is 1. The van der Waals surface area contributed by atoms with Crippen LogP contribution in [0.3, 0.4) is 0 Å². The van der Waals surface area contributed by atoms with Crippen LogP contribution < -0.4 is 15.4 Å². The Labute approximate surface area is 141 Å². The van der Waals surface area contributed by atoms with Gasteiger partial charge in [0, 0.05) is 25.1 Å². The number of amides is 1. The van der Waals surface area contributed by atoms with Gasteiger partial charge < -0.3 is 20.1 Å². The zero-order chi connectivity index (χ0) is 18.2. The number of alkyl halides is 2. The Balaban J connectivity index is 2.55. The lowest BCUT2D eigenvalue weighted by Gasteiger charge is -2.24. The van der Waals surface area contributed by atoms with Crippen molar-refractivity contribution in [2.24, 2.45) is 0 Å². The van der Waals surface area contributed by atoms with Crippen LogP contribution in [0.15, 0.2) is 24.3 Å². The van der Waals surface area contributed by atoms with Crippen molar-refractivity contribution in [1.82, 2.24) is 10.6 Å². The number of carbonyl (C=O) groups is 1. The van der Waals surface area contributed by atoms with Gasteiger partial charge in [0.25, 0.3) is 0 Å². The van der Waals surface area contributed by atoms with E-state index in [1.165, 1.54) is 0 Å². The molecule has 5 nitrogen and oxygen atoms in total. The van der Waals surface area contributed by atoms with Crippen molar-refractivity contribution < 1.29 is 23.0 Å². The van der Waals surface area contributed by atoms with Crippen LogP contribution in [0.25, 0.3) is 0 Å². The van der Waals surface area contributed by atoms with Crippen LogP contribution in [0.4, 0.5) is 13.6 Å². The van der Waals surface area contributed by atoms with Gasteiger partial charge in [0.2, 0.25) is 6.43 Å².